The van der Waals surface area contributed by atoms with E-state index >= 15 is 0 Å². The van der Waals surface area contributed by atoms with Crippen molar-refractivity contribution in [1.29, 1.82) is 0 Å². The van der Waals surface area contributed by atoms with Crippen molar-refractivity contribution in [3.63, 3.8) is 0 Å². The number of hydrogen-bond acceptors (Lipinski definition) is 5. The number of halogens is 2. The molecule has 132 valence electrons. The number of likely N-dealkylation sites (tertiary alicyclic amines) is 1. The zero-order valence-corrected chi connectivity index (χ0v) is 13.5. The number of amides is 1. The fourth-order valence-corrected chi connectivity index (χ4v) is 4.12. The van der Waals surface area contributed by atoms with Crippen LogP contribution in [0.25, 0.3) is 0 Å². The van der Waals surface area contributed by atoms with Crippen LogP contribution < -0.4 is 9.03 Å². The number of benzene rings is 1. The lowest BCUT2D eigenvalue weighted by Crippen LogP contribution is -2.30. The number of phenolic OH excluding ortho intramolecular Hbond substituents is 1. The van der Waals surface area contributed by atoms with Gasteiger partial charge in [-0.05, 0) is 30.5 Å². The van der Waals surface area contributed by atoms with Crippen LogP contribution in [0, 0.1) is 5.82 Å². The van der Waals surface area contributed by atoms with Gasteiger partial charge in [-0.3, -0.25) is 4.79 Å². The lowest BCUT2D eigenvalue weighted by molar-refractivity contribution is -0.117. The molecule has 0 spiro atoms. The molecule has 2 N–H and O–H groups in total. The van der Waals surface area contributed by atoms with Crippen molar-refractivity contribution < 1.29 is 27.1 Å². The summed E-state index contributed by atoms with van der Waals surface area (Å²) >= 11 is 0. The first-order valence-electron chi connectivity index (χ1n) is 7.47. The van der Waals surface area contributed by atoms with Gasteiger partial charge in [0.2, 0.25) is 0 Å². The Hall–Kier alpha value is -1.94. The lowest BCUT2D eigenvalue weighted by Gasteiger charge is -2.19. The van der Waals surface area contributed by atoms with Gasteiger partial charge in [-0.15, -0.1) is 0 Å². The molecule has 2 aliphatic rings. The quantitative estimate of drug-likeness (QED) is 0.805. The van der Waals surface area contributed by atoms with Gasteiger partial charge in [0.15, 0.2) is 5.82 Å². The molecule has 0 radical (unpaired) electrons. The topological polar surface area (TPSA) is 90.0 Å². The Morgan fingerprint density at radius 3 is 2.67 bits per heavy atom. The van der Waals surface area contributed by atoms with E-state index in [2.05, 4.69) is 0 Å². The third-order valence-corrected chi connectivity index (χ3v) is 5.48. The number of carbonyl (C=O) groups excluding carboxylic acids is 1. The van der Waals surface area contributed by atoms with Crippen molar-refractivity contribution in [2.24, 2.45) is 0 Å². The van der Waals surface area contributed by atoms with E-state index in [4.69, 9.17) is 0 Å². The number of nitrogens with one attached hydrogen (secondary N) is 1. The summed E-state index contributed by atoms with van der Waals surface area (Å²) in [5.41, 5.74) is -0.0889. The fraction of sp³-hybridized carbons (Fsp3) is 0.500. The molecule has 2 heterocycles. The van der Waals surface area contributed by atoms with Crippen LogP contribution in [0.2, 0.25) is 0 Å². The molecule has 0 aliphatic carbocycles. The Morgan fingerprint density at radius 2 is 2.12 bits per heavy atom. The summed E-state index contributed by atoms with van der Waals surface area (Å²) in [5.74, 6) is -2.29. The van der Waals surface area contributed by atoms with Gasteiger partial charge in [0.05, 0.1) is 0 Å². The standard InChI is InChI=1S/C14H17F2N3O4S/c15-10-2-4-18(7-10)3-1-9-5-11(16)14(12(20)6-9)19-8-13(21)17-24(19,22)23/h5-6,10,20H,1-4,7-8H2,(H,17,21)/t10-/m0/s1. The minimum atomic E-state index is -4.19. The average Bonchev–Trinajstić information content (AvgIpc) is 2.99. The Morgan fingerprint density at radius 1 is 1.38 bits per heavy atom. The molecular weight excluding hydrogens is 344 g/mol. The number of phenols is 1. The van der Waals surface area contributed by atoms with E-state index in [9.17, 15) is 27.1 Å². The smallest absolute Gasteiger partial charge is 0.326 e. The van der Waals surface area contributed by atoms with Crippen molar-refractivity contribution in [1.82, 2.24) is 9.62 Å². The highest BCUT2D eigenvalue weighted by molar-refractivity contribution is 7.92. The molecule has 1 atom stereocenters. The molecule has 0 unspecified atom stereocenters. The largest absolute Gasteiger partial charge is 0.506 e. The minimum absolute atomic E-state index is 0.340. The van der Waals surface area contributed by atoms with Gasteiger partial charge in [-0.2, -0.15) is 8.42 Å². The van der Waals surface area contributed by atoms with Crippen LogP contribution in [0.15, 0.2) is 12.1 Å². The summed E-state index contributed by atoms with van der Waals surface area (Å²) in [6.07, 6.45) is 0.0243. The predicted molar refractivity (Wildman–Crippen MR) is 82.1 cm³/mol. The highest BCUT2D eigenvalue weighted by Gasteiger charge is 2.37. The van der Waals surface area contributed by atoms with E-state index < -0.39 is 46.1 Å². The molecule has 2 saturated heterocycles. The van der Waals surface area contributed by atoms with Crippen LogP contribution >= 0.6 is 0 Å². The summed E-state index contributed by atoms with van der Waals surface area (Å²) in [6, 6.07) is 2.39. The Bertz CT molecular complexity index is 748. The van der Waals surface area contributed by atoms with Gasteiger partial charge >= 0.3 is 10.2 Å². The number of alkyl halides is 1. The summed E-state index contributed by atoms with van der Waals surface area (Å²) in [7, 11) is -4.19. The zero-order chi connectivity index (χ0) is 17.5. The lowest BCUT2D eigenvalue weighted by atomic mass is 10.1. The number of aromatic hydroxyl groups is 1. The van der Waals surface area contributed by atoms with Gasteiger partial charge in [-0.25, -0.2) is 17.8 Å². The second kappa shape index (κ2) is 6.17. The van der Waals surface area contributed by atoms with E-state index in [0.29, 0.717) is 42.3 Å². The SMILES string of the molecule is O=C1CN(c2c(O)cc(CCN3CC[C@H](F)C3)cc2F)S(=O)(=O)N1. The van der Waals surface area contributed by atoms with Gasteiger partial charge in [0, 0.05) is 19.6 Å². The molecule has 10 heteroatoms. The molecule has 0 saturated carbocycles. The van der Waals surface area contributed by atoms with Gasteiger partial charge in [0.1, 0.15) is 24.2 Å². The second-order valence-electron chi connectivity index (χ2n) is 5.92. The first-order chi connectivity index (χ1) is 11.3. The third kappa shape index (κ3) is 3.29. The van der Waals surface area contributed by atoms with Crippen molar-refractivity contribution in [2.75, 3.05) is 30.5 Å². The van der Waals surface area contributed by atoms with E-state index in [-0.39, 0.29) is 0 Å². The summed E-state index contributed by atoms with van der Waals surface area (Å²) in [6.45, 7) is 0.901. The molecule has 7 nitrogen and oxygen atoms in total. The molecule has 3 rings (SSSR count). The Balaban J connectivity index is 1.78. The van der Waals surface area contributed by atoms with Crippen molar-refractivity contribution >= 4 is 21.8 Å². The Kier molecular flexibility index (Phi) is 4.35. The van der Waals surface area contributed by atoms with Crippen LogP contribution in [-0.4, -0.2) is 56.7 Å². The molecule has 0 aromatic heterocycles. The Labute approximate surface area is 138 Å². The van der Waals surface area contributed by atoms with Crippen LogP contribution in [0.1, 0.15) is 12.0 Å². The second-order valence-corrected chi connectivity index (χ2v) is 7.51. The first-order valence-corrected chi connectivity index (χ1v) is 8.91. The van der Waals surface area contributed by atoms with Crippen LogP contribution in [0.3, 0.4) is 0 Å². The number of rotatable bonds is 4. The molecular formula is C14H17F2N3O4S. The molecule has 0 bridgehead atoms. The van der Waals surface area contributed by atoms with E-state index in [1.165, 1.54) is 6.07 Å². The van der Waals surface area contributed by atoms with Crippen LogP contribution in [0.4, 0.5) is 14.5 Å². The van der Waals surface area contributed by atoms with Gasteiger partial charge in [-0.1, -0.05) is 0 Å². The maximum atomic E-state index is 14.3. The molecule has 1 aromatic carbocycles. The summed E-state index contributed by atoms with van der Waals surface area (Å²) < 4.78 is 53.2. The molecule has 24 heavy (non-hydrogen) atoms. The van der Waals surface area contributed by atoms with Crippen molar-refractivity contribution in [3.05, 3.63) is 23.5 Å². The van der Waals surface area contributed by atoms with Crippen molar-refractivity contribution in [3.8, 4) is 5.75 Å². The molecule has 2 fully saturated rings. The first kappa shape index (κ1) is 16.9. The number of anilines is 1. The van der Waals surface area contributed by atoms with E-state index in [1.54, 1.807) is 4.72 Å². The van der Waals surface area contributed by atoms with Crippen LogP contribution in [0.5, 0.6) is 5.75 Å². The monoisotopic (exact) mass is 361 g/mol. The summed E-state index contributed by atoms with van der Waals surface area (Å²) in [5, 5.41) is 10.0. The number of nitrogens with zero attached hydrogens (tertiary/aromatic N) is 2. The predicted octanol–water partition coefficient (Wildman–Crippen LogP) is 0.299. The van der Waals surface area contributed by atoms with Gasteiger partial charge < -0.3 is 10.0 Å². The van der Waals surface area contributed by atoms with Crippen LogP contribution in [-0.2, 0) is 21.4 Å². The summed E-state index contributed by atoms with van der Waals surface area (Å²) in [4.78, 5) is 13.1. The molecule has 2 aliphatic heterocycles. The highest BCUT2D eigenvalue weighted by Crippen LogP contribution is 2.34. The van der Waals surface area contributed by atoms with E-state index in [1.807, 2.05) is 4.90 Å². The van der Waals surface area contributed by atoms with E-state index in [0.717, 1.165) is 6.07 Å². The zero-order valence-electron chi connectivity index (χ0n) is 12.7. The maximum Gasteiger partial charge on any atom is 0.326 e. The number of carbonyl (C=O) groups is 1. The maximum absolute atomic E-state index is 14.3. The molecule has 1 amide bonds. The third-order valence-electron chi connectivity index (χ3n) is 4.10. The normalized spacial score (nSPS) is 23.7. The number of hydrogen-bond donors (Lipinski definition) is 2. The van der Waals surface area contributed by atoms with Crippen molar-refractivity contribution in [2.45, 2.75) is 19.0 Å². The fourth-order valence-electron chi connectivity index (χ4n) is 2.95. The van der Waals surface area contributed by atoms with Gasteiger partial charge in [0.25, 0.3) is 5.91 Å². The highest BCUT2D eigenvalue weighted by atomic mass is 32.2. The average molecular weight is 361 g/mol. The molecule has 1 aromatic rings. The minimum Gasteiger partial charge on any atom is -0.506 e.